The SMILES string of the molecule is COCCOc1cc(NC(=O)c2ccccc2SC(F)(F)F)ccc1OC. The first-order chi connectivity index (χ1) is 12.8. The summed E-state index contributed by atoms with van der Waals surface area (Å²) in [7, 11) is 3.01. The van der Waals surface area contributed by atoms with E-state index in [2.05, 4.69) is 5.32 Å². The molecule has 9 heteroatoms. The van der Waals surface area contributed by atoms with Crippen LogP contribution in [0.2, 0.25) is 0 Å². The Hall–Kier alpha value is -2.39. The summed E-state index contributed by atoms with van der Waals surface area (Å²) in [5.74, 6) is 0.179. The normalized spacial score (nSPS) is 11.1. The minimum absolute atomic E-state index is 0.0718. The van der Waals surface area contributed by atoms with Crippen LogP contribution in [-0.2, 0) is 4.74 Å². The number of nitrogens with one attached hydrogen (secondary N) is 1. The minimum atomic E-state index is -4.49. The Kier molecular flexibility index (Phi) is 7.37. The van der Waals surface area contributed by atoms with Crippen molar-refractivity contribution >= 4 is 23.4 Å². The molecule has 0 atom stereocenters. The van der Waals surface area contributed by atoms with Crippen molar-refractivity contribution < 1.29 is 32.2 Å². The summed E-state index contributed by atoms with van der Waals surface area (Å²) in [4.78, 5) is 12.3. The molecule has 1 N–H and O–H groups in total. The number of carbonyl (C=O) groups excluding carboxylic acids is 1. The molecule has 27 heavy (non-hydrogen) atoms. The van der Waals surface area contributed by atoms with E-state index < -0.39 is 11.4 Å². The van der Waals surface area contributed by atoms with Crippen molar-refractivity contribution in [3.05, 3.63) is 48.0 Å². The smallest absolute Gasteiger partial charge is 0.446 e. The molecule has 0 aliphatic carbocycles. The third-order valence-corrected chi connectivity index (χ3v) is 4.13. The van der Waals surface area contributed by atoms with Gasteiger partial charge >= 0.3 is 5.51 Å². The van der Waals surface area contributed by atoms with Crippen LogP contribution in [0.15, 0.2) is 47.4 Å². The summed E-state index contributed by atoms with van der Waals surface area (Å²) >= 11 is -0.330. The summed E-state index contributed by atoms with van der Waals surface area (Å²) < 4.78 is 53.7. The zero-order valence-corrected chi connectivity index (χ0v) is 15.4. The molecule has 1 amide bonds. The molecular weight excluding hydrogens is 383 g/mol. The first kappa shape index (κ1) is 20.9. The van der Waals surface area contributed by atoms with Crippen molar-refractivity contribution in [3.63, 3.8) is 0 Å². The maximum absolute atomic E-state index is 12.7. The second kappa shape index (κ2) is 9.52. The van der Waals surface area contributed by atoms with Gasteiger partial charge in [0, 0.05) is 23.8 Å². The summed E-state index contributed by atoms with van der Waals surface area (Å²) in [5.41, 5.74) is -4.20. The van der Waals surface area contributed by atoms with Gasteiger partial charge in [-0.05, 0) is 36.0 Å². The maximum Gasteiger partial charge on any atom is 0.446 e. The van der Waals surface area contributed by atoms with E-state index in [0.29, 0.717) is 23.8 Å². The third-order valence-electron chi connectivity index (χ3n) is 3.32. The van der Waals surface area contributed by atoms with Crippen LogP contribution in [0.1, 0.15) is 10.4 Å². The van der Waals surface area contributed by atoms with Gasteiger partial charge in [0.05, 0.1) is 19.3 Å². The van der Waals surface area contributed by atoms with E-state index >= 15 is 0 Å². The number of carbonyl (C=O) groups is 1. The summed E-state index contributed by atoms with van der Waals surface area (Å²) in [5, 5.41) is 2.58. The molecule has 146 valence electrons. The lowest BCUT2D eigenvalue weighted by Gasteiger charge is -2.14. The molecule has 0 fully saturated rings. The van der Waals surface area contributed by atoms with E-state index in [0.717, 1.165) is 0 Å². The molecule has 5 nitrogen and oxygen atoms in total. The molecule has 0 saturated carbocycles. The Morgan fingerprint density at radius 2 is 1.81 bits per heavy atom. The second-order valence-electron chi connectivity index (χ2n) is 5.20. The van der Waals surface area contributed by atoms with Crippen LogP contribution in [0, 0.1) is 0 Å². The van der Waals surface area contributed by atoms with Crippen LogP contribution in [0.5, 0.6) is 11.5 Å². The highest BCUT2D eigenvalue weighted by molar-refractivity contribution is 8.00. The largest absolute Gasteiger partial charge is 0.493 e. The predicted octanol–water partition coefficient (Wildman–Crippen LogP) is 4.58. The average Bonchev–Trinajstić information content (AvgIpc) is 2.61. The van der Waals surface area contributed by atoms with Gasteiger partial charge in [0.15, 0.2) is 11.5 Å². The number of benzene rings is 2. The van der Waals surface area contributed by atoms with Crippen molar-refractivity contribution in [2.45, 2.75) is 10.4 Å². The van der Waals surface area contributed by atoms with Gasteiger partial charge in [0.2, 0.25) is 0 Å². The molecule has 2 aromatic carbocycles. The van der Waals surface area contributed by atoms with Gasteiger partial charge in [-0.3, -0.25) is 4.79 Å². The number of anilines is 1. The van der Waals surface area contributed by atoms with E-state index in [1.165, 1.54) is 44.6 Å². The van der Waals surface area contributed by atoms with Crippen LogP contribution in [0.25, 0.3) is 0 Å². The lowest BCUT2D eigenvalue weighted by Crippen LogP contribution is -2.14. The minimum Gasteiger partial charge on any atom is -0.493 e. The van der Waals surface area contributed by atoms with Crippen LogP contribution >= 0.6 is 11.8 Å². The van der Waals surface area contributed by atoms with E-state index in [9.17, 15) is 18.0 Å². The fourth-order valence-corrected chi connectivity index (χ4v) is 2.84. The standard InChI is InChI=1S/C18H18F3NO4S/c1-24-9-10-26-15-11-12(7-8-14(15)25-2)22-17(23)13-5-3-4-6-16(13)27-18(19,20)21/h3-8,11H,9-10H2,1-2H3,(H,22,23). The van der Waals surface area contributed by atoms with Crippen molar-refractivity contribution in [1.82, 2.24) is 0 Å². The van der Waals surface area contributed by atoms with Crippen molar-refractivity contribution in [1.29, 1.82) is 0 Å². The molecule has 0 unspecified atom stereocenters. The van der Waals surface area contributed by atoms with Gasteiger partial charge in [0.1, 0.15) is 6.61 Å². The fourth-order valence-electron chi connectivity index (χ4n) is 2.17. The van der Waals surface area contributed by atoms with Gasteiger partial charge in [-0.1, -0.05) is 12.1 Å². The van der Waals surface area contributed by atoms with Gasteiger partial charge in [0.25, 0.3) is 5.91 Å². The Bertz CT molecular complexity index is 783. The fraction of sp³-hybridized carbons (Fsp3) is 0.278. The molecule has 2 aromatic rings. The molecule has 0 saturated heterocycles. The number of methoxy groups -OCH3 is 2. The number of halogens is 3. The van der Waals surface area contributed by atoms with Crippen molar-refractivity contribution in [2.24, 2.45) is 0 Å². The Morgan fingerprint density at radius 3 is 2.48 bits per heavy atom. The van der Waals surface area contributed by atoms with Gasteiger partial charge in [-0.15, -0.1) is 0 Å². The molecule has 0 aliphatic heterocycles. The summed E-state index contributed by atoms with van der Waals surface area (Å²) in [6.45, 7) is 0.636. The number of amides is 1. The molecule has 0 aliphatic rings. The highest BCUT2D eigenvalue weighted by atomic mass is 32.2. The van der Waals surface area contributed by atoms with Crippen molar-refractivity contribution in [2.75, 3.05) is 32.8 Å². The van der Waals surface area contributed by atoms with Gasteiger partial charge < -0.3 is 19.5 Å². The number of thioether (sulfide) groups is 1. The molecule has 0 radical (unpaired) electrons. The number of hydrogen-bond acceptors (Lipinski definition) is 5. The topological polar surface area (TPSA) is 56.8 Å². The number of hydrogen-bond donors (Lipinski definition) is 1. The number of alkyl halides is 3. The monoisotopic (exact) mass is 401 g/mol. The summed E-state index contributed by atoms with van der Waals surface area (Å²) in [6.07, 6.45) is 0. The highest BCUT2D eigenvalue weighted by Crippen LogP contribution is 2.38. The van der Waals surface area contributed by atoms with E-state index in [1.54, 1.807) is 12.1 Å². The lowest BCUT2D eigenvalue weighted by atomic mass is 10.2. The Labute approximate surface area is 158 Å². The van der Waals surface area contributed by atoms with E-state index in [-0.39, 0.29) is 28.8 Å². The number of rotatable bonds is 8. The molecular formula is C18H18F3NO4S. The van der Waals surface area contributed by atoms with E-state index in [1.807, 2.05) is 0 Å². The van der Waals surface area contributed by atoms with Gasteiger partial charge in [-0.25, -0.2) is 0 Å². The zero-order valence-electron chi connectivity index (χ0n) is 14.6. The Morgan fingerprint density at radius 1 is 1.07 bits per heavy atom. The van der Waals surface area contributed by atoms with Crippen LogP contribution in [0.4, 0.5) is 18.9 Å². The number of ether oxygens (including phenoxy) is 3. The molecule has 2 rings (SSSR count). The average molecular weight is 401 g/mol. The molecule has 0 aromatic heterocycles. The Balaban J connectivity index is 2.19. The van der Waals surface area contributed by atoms with Crippen LogP contribution in [-0.4, -0.2) is 38.8 Å². The maximum atomic E-state index is 12.7. The zero-order chi connectivity index (χ0) is 19.9. The second-order valence-corrected chi connectivity index (χ2v) is 6.31. The van der Waals surface area contributed by atoms with Gasteiger partial charge in [-0.2, -0.15) is 13.2 Å². The summed E-state index contributed by atoms with van der Waals surface area (Å²) in [6, 6.07) is 10.2. The first-order valence-electron chi connectivity index (χ1n) is 7.80. The first-order valence-corrected chi connectivity index (χ1v) is 8.61. The molecule has 0 heterocycles. The van der Waals surface area contributed by atoms with E-state index in [4.69, 9.17) is 14.2 Å². The van der Waals surface area contributed by atoms with Crippen LogP contribution < -0.4 is 14.8 Å². The predicted molar refractivity (Wildman–Crippen MR) is 96.7 cm³/mol. The van der Waals surface area contributed by atoms with Crippen LogP contribution in [0.3, 0.4) is 0 Å². The highest BCUT2D eigenvalue weighted by Gasteiger charge is 2.31. The molecule has 0 bridgehead atoms. The van der Waals surface area contributed by atoms with Crippen molar-refractivity contribution in [3.8, 4) is 11.5 Å². The lowest BCUT2D eigenvalue weighted by molar-refractivity contribution is -0.0328. The third kappa shape index (κ3) is 6.37. The molecule has 0 spiro atoms. The quantitative estimate of drug-likeness (QED) is 0.518.